The van der Waals surface area contributed by atoms with Crippen LogP contribution < -0.4 is 5.32 Å². The molecule has 0 bridgehead atoms. The molecule has 12 atom stereocenters. The normalized spacial score (nSPS) is 36.2. The molecule has 2 aromatic rings. The number of esters is 1. The first kappa shape index (κ1) is 42.5. The van der Waals surface area contributed by atoms with Crippen LogP contribution in [0.1, 0.15) is 92.4 Å². The van der Waals surface area contributed by atoms with E-state index in [4.69, 9.17) is 18.9 Å². The number of alkyl carbamates (subject to hydrolysis) is 1. The van der Waals surface area contributed by atoms with Crippen LogP contribution in [-0.2, 0) is 33.3 Å². The fourth-order valence-electron chi connectivity index (χ4n) is 9.10. The summed E-state index contributed by atoms with van der Waals surface area (Å²) < 4.78 is 25.2. The van der Waals surface area contributed by atoms with E-state index in [1.54, 1.807) is 38.3 Å². The van der Waals surface area contributed by atoms with Gasteiger partial charge in [-0.25, -0.2) is 4.79 Å². The Morgan fingerprint density at radius 3 is 2.44 bits per heavy atom. The molecule has 0 radical (unpaired) electrons. The second kappa shape index (κ2) is 17.7. The topological polar surface area (TPSA) is 133 Å². The molecule has 5 heterocycles. The van der Waals surface area contributed by atoms with Crippen molar-refractivity contribution in [1.82, 2.24) is 15.2 Å². The first-order valence-corrected chi connectivity index (χ1v) is 20.5. The van der Waals surface area contributed by atoms with Gasteiger partial charge in [-0.15, -0.1) is 11.3 Å². The lowest BCUT2D eigenvalue weighted by molar-refractivity contribution is -0.173. The number of pyridine rings is 1. The van der Waals surface area contributed by atoms with Crippen molar-refractivity contribution in [2.75, 3.05) is 20.7 Å². The fourth-order valence-corrected chi connectivity index (χ4v) is 9.97. The molecular formula is C43H59N3O8S. The van der Waals surface area contributed by atoms with Crippen LogP contribution in [0.2, 0.25) is 0 Å². The highest BCUT2D eigenvalue weighted by molar-refractivity contribution is 7.16. The van der Waals surface area contributed by atoms with Crippen LogP contribution >= 0.6 is 11.3 Å². The highest BCUT2D eigenvalue weighted by Gasteiger charge is 2.57. The molecule has 300 valence electrons. The monoisotopic (exact) mass is 777 g/mol. The SMILES string of the molecule is CC[C@@H]1OC(=O)[C@H](C)C(=O)[C@H](C)[C@@H](CC2C[C@@H](N(C)C)C[C@@H](C)O2)[C@@](C)(OCC#Cc2ccc(-c3cccnc3)s2)C[C@@H](C)C(=O)[C@H](C)C2NC(=O)O[C@@]21C. The minimum Gasteiger partial charge on any atom is -0.458 e. The molecule has 11 nitrogen and oxygen atoms in total. The smallest absolute Gasteiger partial charge is 0.408 e. The Kier molecular flexibility index (Phi) is 13.7. The lowest BCUT2D eigenvalue weighted by atomic mass is 9.68. The van der Waals surface area contributed by atoms with E-state index in [1.807, 2.05) is 58.2 Å². The molecule has 1 amide bonds. The lowest BCUT2D eigenvalue weighted by Crippen LogP contribution is -2.57. The zero-order valence-corrected chi connectivity index (χ0v) is 34.9. The number of hydrogen-bond acceptors (Lipinski definition) is 11. The average Bonchev–Trinajstić information content (AvgIpc) is 3.76. The van der Waals surface area contributed by atoms with Crippen LogP contribution in [0, 0.1) is 41.4 Å². The van der Waals surface area contributed by atoms with Crippen molar-refractivity contribution in [2.24, 2.45) is 29.6 Å². The van der Waals surface area contributed by atoms with Crippen LogP contribution in [0.3, 0.4) is 0 Å². The first-order valence-electron chi connectivity index (χ1n) is 19.7. The maximum Gasteiger partial charge on any atom is 0.408 e. The van der Waals surface area contributed by atoms with E-state index in [1.165, 1.54) is 0 Å². The summed E-state index contributed by atoms with van der Waals surface area (Å²) in [4.78, 5) is 63.9. The molecule has 3 fully saturated rings. The van der Waals surface area contributed by atoms with Gasteiger partial charge < -0.3 is 29.2 Å². The summed E-state index contributed by atoms with van der Waals surface area (Å²) in [5.41, 5.74) is -1.37. The molecule has 3 saturated heterocycles. The number of nitrogens with one attached hydrogen (secondary N) is 1. The van der Waals surface area contributed by atoms with Crippen molar-refractivity contribution >= 4 is 35.0 Å². The number of aromatic nitrogens is 1. The molecule has 55 heavy (non-hydrogen) atoms. The van der Waals surface area contributed by atoms with Crippen molar-refractivity contribution in [3.63, 3.8) is 0 Å². The number of amides is 1. The Morgan fingerprint density at radius 1 is 1.02 bits per heavy atom. The molecule has 1 N–H and O–H groups in total. The van der Waals surface area contributed by atoms with Crippen LogP contribution in [0.5, 0.6) is 0 Å². The number of rotatable bonds is 7. The largest absolute Gasteiger partial charge is 0.458 e. The Bertz CT molecular complexity index is 1750. The van der Waals surface area contributed by atoms with Gasteiger partial charge in [0.05, 0.1) is 28.7 Å². The van der Waals surface area contributed by atoms with Crippen molar-refractivity contribution in [1.29, 1.82) is 0 Å². The predicted octanol–water partition coefficient (Wildman–Crippen LogP) is 6.72. The molecule has 0 aromatic carbocycles. The van der Waals surface area contributed by atoms with E-state index < -0.39 is 65.0 Å². The Labute approximate surface area is 330 Å². The summed E-state index contributed by atoms with van der Waals surface area (Å²) in [7, 11) is 4.14. The van der Waals surface area contributed by atoms with Crippen LogP contribution in [0.4, 0.5) is 4.79 Å². The van der Waals surface area contributed by atoms with E-state index in [0.717, 1.165) is 28.2 Å². The number of fused-ring (bicyclic) bond motifs is 1. The molecule has 5 rings (SSSR count). The molecule has 0 aliphatic carbocycles. The zero-order chi connectivity index (χ0) is 40.2. The summed E-state index contributed by atoms with van der Waals surface area (Å²) in [6, 6.07) is 7.42. The minimum atomic E-state index is -1.33. The summed E-state index contributed by atoms with van der Waals surface area (Å²) in [5, 5.41) is 2.84. The maximum absolute atomic E-state index is 14.5. The summed E-state index contributed by atoms with van der Waals surface area (Å²) in [6.45, 7) is 14.7. The third-order valence-electron chi connectivity index (χ3n) is 12.3. The van der Waals surface area contributed by atoms with E-state index in [0.29, 0.717) is 12.8 Å². The van der Waals surface area contributed by atoms with Crippen molar-refractivity contribution in [3.8, 4) is 22.3 Å². The number of ketones is 2. The number of hydrogen-bond donors (Lipinski definition) is 1. The van der Waals surface area contributed by atoms with Gasteiger partial charge in [-0.1, -0.05) is 45.6 Å². The van der Waals surface area contributed by atoms with Crippen LogP contribution in [0.25, 0.3) is 10.4 Å². The van der Waals surface area contributed by atoms with E-state index in [-0.39, 0.29) is 42.8 Å². The molecule has 2 unspecified atom stereocenters. The Hall–Kier alpha value is -3.63. The lowest BCUT2D eigenvalue weighted by Gasteiger charge is -2.46. The van der Waals surface area contributed by atoms with Crippen LogP contribution in [0.15, 0.2) is 36.7 Å². The van der Waals surface area contributed by atoms with Crippen LogP contribution in [-0.4, -0.2) is 95.8 Å². The molecule has 0 saturated carbocycles. The summed E-state index contributed by atoms with van der Waals surface area (Å²) >= 11 is 1.56. The molecule has 12 heteroatoms. The zero-order valence-electron chi connectivity index (χ0n) is 34.0. The number of Topliss-reactive ketones (excluding diaryl/α,β-unsaturated/α-hetero) is 2. The van der Waals surface area contributed by atoms with Gasteiger partial charge in [0.25, 0.3) is 0 Å². The minimum absolute atomic E-state index is 0.00967. The van der Waals surface area contributed by atoms with Gasteiger partial charge >= 0.3 is 12.1 Å². The van der Waals surface area contributed by atoms with Crippen molar-refractivity contribution < 1.29 is 38.1 Å². The van der Waals surface area contributed by atoms with Gasteiger partial charge in [0, 0.05) is 46.6 Å². The maximum atomic E-state index is 14.5. The van der Waals surface area contributed by atoms with E-state index in [2.05, 4.69) is 48.1 Å². The van der Waals surface area contributed by atoms with Gasteiger partial charge in [0.2, 0.25) is 0 Å². The van der Waals surface area contributed by atoms with Gasteiger partial charge in [-0.2, -0.15) is 0 Å². The van der Waals surface area contributed by atoms with Crippen molar-refractivity contribution in [2.45, 2.75) is 129 Å². The predicted molar refractivity (Wildman–Crippen MR) is 211 cm³/mol. The average molecular weight is 778 g/mol. The van der Waals surface area contributed by atoms with Crippen molar-refractivity contribution in [3.05, 3.63) is 41.5 Å². The van der Waals surface area contributed by atoms with Gasteiger partial charge in [-0.3, -0.25) is 19.4 Å². The number of nitrogens with zero attached hydrogens (tertiary/aromatic N) is 2. The molecule has 3 aliphatic rings. The van der Waals surface area contributed by atoms with Gasteiger partial charge in [-0.05, 0) is 98.0 Å². The molecule has 2 aromatic heterocycles. The first-order chi connectivity index (χ1) is 26.0. The molecular weight excluding hydrogens is 719 g/mol. The third kappa shape index (κ3) is 9.50. The number of carbonyl (C=O) groups is 4. The van der Waals surface area contributed by atoms with E-state index in [9.17, 15) is 19.2 Å². The number of cyclic esters (lactones) is 1. The second-order valence-electron chi connectivity index (χ2n) is 16.5. The fraction of sp³-hybridized carbons (Fsp3) is 0.651. The standard InChI is InChI=1S/C43H59N3O8S/c1-11-36-43(8)39(45-41(50)54-43)28(5)37(47)25(2)23-42(7,51-19-13-15-33-16-17-35(55-33)30-14-12-18-44-24-30)34(27(4)38(48)29(6)40(49)53-36)22-32-21-31(46(9)10)20-26(3)52-32/h12,14,16-18,24-29,31-32,34,36,39H,11,19-23H2,1-10H3,(H,45,50)/t25-,26-,27-,28+,29-,31+,32?,34-,36+,39?,42+,43-/m1/s1. The second-order valence-corrected chi connectivity index (χ2v) is 17.6. The quantitative estimate of drug-likeness (QED) is 0.184. The Balaban J connectivity index is 1.53. The highest BCUT2D eigenvalue weighted by Crippen LogP contribution is 2.43. The third-order valence-corrected chi connectivity index (χ3v) is 13.3. The summed E-state index contributed by atoms with van der Waals surface area (Å²) in [6.07, 6.45) is 4.55. The number of carbonyl (C=O) groups excluding carboxylic acids is 4. The molecule has 3 aliphatic heterocycles. The number of ether oxygens (including phenoxy) is 4. The van der Waals surface area contributed by atoms with Gasteiger partial charge in [0.1, 0.15) is 30.2 Å². The number of thiophene rings is 1. The molecule has 0 spiro atoms. The summed E-state index contributed by atoms with van der Waals surface area (Å²) in [5.74, 6) is 1.92. The Morgan fingerprint density at radius 2 is 1.76 bits per heavy atom. The van der Waals surface area contributed by atoms with E-state index >= 15 is 0 Å². The van der Waals surface area contributed by atoms with Gasteiger partial charge in [0.15, 0.2) is 5.60 Å². The highest BCUT2D eigenvalue weighted by atomic mass is 32.1.